The summed E-state index contributed by atoms with van der Waals surface area (Å²) >= 11 is 0. The molecule has 0 amide bonds. The molecule has 1 saturated heterocycles. The Morgan fingerprint density at radius 3 is 2.33 bits per heavy atom. The number of hydrogen-bond acceptors (Lipinski definition) is 4. The maximum Gasteiger partial charge on any atom is 0.0611 e. The van der Waals surface area contributed by atoms with Gasteiger partial charge in [0.05, 0.1) is 6.61 Å². The Balaban J connectivity index is 1.77. The van der Waals surface area contributed by atoms with Gasteiger partial charge in [-0.1, -0.05) is 0 Å². The predicted molar refractivity (Wildman–Crippen MR) is 74.8 cm³/mol. The quantitative estimate of drug-likeness (QED) is 0.726. The maximum absolute atomic E-state index is 9.47. The molecule has 1 aliphatic heterocycles. The third-order valence-corrected chi connectivity index (χ3v) is 4.73. The fourth-order valence-electron chi connectivity index (χ4n) is 3.01. The van der Waals surface area contributed by atoms with Crippen LogP contribution in [0.1, 0.15) is 33.1 Å². The van der Waals surface area contributed by atoms with Crippen molar-refractivity contribution in [2.75, 3.05) is 39.8 Å². The first-order valence-corrected chi connectivity index (χ1v) is 7.36. The number of nitrogens with zero attached hydrogens (tertiary/aromatic N) is 2. The van der Waals surface area contributed by atoms with Crippen molar-refractivity contribution in [2.24, 2.45) is 0 Å². The third-order valence-electron chi connectivity index (χ3n) is 4.73. The smallest absolute Gasteiger partial charge is 0.0611 e. The molecule has 0 spiro atoms. The van der Waals surface area contributed by atoms with Crippen molar-refractivity contribution in [2.45, 2.75) is 50.7 Å². The van der Waals surface area contributed by atoms with Gasteiger partial charge in [-0.2, -0.15) is 0 Å². The first-order valence-electron chi connectivity index (χ1n) is 7.36. The second kappa shape index (κ2) is 5.87. The number of nitrogens with one attached hydrogen (secondary N) is 1. The van der Waals surface area contributed by atoms with Crippen molar-refractivity contribution in [3.8, 4) is 0 Å². The summed E-state index contributed by atoms with van der Waals surface area (Å²) in [5.41, 5.74) is -0.146. The number of aliphatic hydroxyl groups excluding tert-OH is 1. The molecule has 4 nitrogen and oxygen atoms in total. The Morgan fingerprint density at radius 2 is 1.89 bits per heavy atom. The maximum atomic E-state index is 9.47. The molecule has 0 aromatic carbocycles. The minimum absolute atomic E-state index is 0.146. The zero-order chi connectivity index (χ0) is 13.2. The Labute approximate surface area is 111 Å². The Morgan fingerprint density at radius 1 is 1.28 bits per heavy atom. The van der Waals surface area contributed by atoms with Gasteiger partial charge in [0.2, 0.25) is 0 Å². The summed E-state index contributed by atoms with van der Waals surface area (Å²) in [5, 5.41) is 12.7. The summed E-state index contributed by atoms with van der Waals surface area (Å²) < 4.78 is 0. The lowest BCUT2D eigenvalue weighted by molar-refractivity contribution is 0.0706. The Bertz CT molecular complexity index is 256. The van der Waals surface area contributed by atoms with Crippen molar-refractivity contribution in [1.82, 2.24) is 15.1 Å². The van der Waals surface area contributed by atoms with Crippen LogP contribution < -0.4 is 5.32 Å². The molecule has 0 aromatic heterocycles. The zero-order valence-electron chi connectivity index (χ0n) is 12.2. The van der Waals surface area contributed by atoms with Gasteiger partial charge in [-0.25, -0.2) is 0 Å². The molecule has 0 radical (unpaired) electrons. The van der Waals surface area contributed by atoms with Crippen LogP contribution in [0.2, 0.25) is 0 Å². The molecule has 0 aromatic rings. The van der Waals surface area contributed by atoms with E-state index >= 15 is 0 Å². The van der Waals surface area contributed by atoms with Gasteiger partial charge >= 0.3 is 0 Å². The van der Waals surface area contributed by atoms with E-state index < -0.39 is 0 Å². The largest absolute Gasteiger partial charge is 0.394 e. The molecular formula is C14H29N3O. The van der Waals surface area contributed by atoms with Crippen LogP contribution in [0, 0.1) is 0 Å². The number of aliphatic hydroxyl groups is 1. The van der Waals surface area contributed by atoms with Crippen LogP contribution in [-0.2, 0) is 0 Å². The van der Waals surface area contributed by atoms with Crippen LogP contribution in [0.15, 0.2) is 0 Å². The number of likely N-dealkylation sites (N-methyl/N-ethyl adjacent to an activating group) is 1. The molecule has 1 heterocycles. The van der Waals surface area contributed by atoms with Crippen LogP contribution in [0.5, 0.6) is 0 Å². The van der Waals surface area contributed by atoms with E-state index in [2.05, 4.69) is 29.0 Å². The molecule has 106 valence electrons. The number of piperazine rings is 1. The Kier molecular flexibility index (Phi) is 4.64. The van der Waals surface area contributed by atoms with Crippen molar-refractivity contribution in [1.29, 1.82) is 0 Å². The van der Waals surface area contributed by atoms with E-state index in [9.17, 15) is 5.11 Å². The summed E-state index contributed by atoms with van der Waals surface area (Å²) in [7, 11) is 1.94. The lowest BCUT2D eigenvalue weighted by Crippen LogP contribution is -2.54. The van der Waals surface area contributed by atoms with Gasteiger partial charge in [0, 0.05) is 43.8 Å². The van der Waals surface area contributed by atoms with Crippen molar-refractivity contribution in [3.63, 3.8) is 0 Å². The predicted octanol–water partition coefficient (Wildman–Crippen LogP) is 0.515. The molecule has 1 aliphatic carbocycles. The van der Waals surface area contributed by atoms with Crippen molar-refractivity contribution in [3.05, 3.63) is 0 Å². The minimum atomic E-state index is -0.146. The summed E-state index contributed by atoms with van der Waals surface area (Å²) in [6.45, 7) is 9.42. The van der Waals surface area contributed by atoms with Gasteiger partial charge in [0.25, 0.3) is 0 Å². The van der Waals surface area contributed by atoms with E-state index in [1.807, 2.05) is 7.05 Å². The van der Waals surface area contributed by atoms with Gasteiger partial charge < -0.3 is 10.4 Å². The van der Waals surface area contributed by atoms with Crippen molar-refractivity contribution < 1.29 is 5.11 Å². The standard InChI is InChI=1S/C14H29N3O/c1-12(10-14(2,11-18)15-3)16-6-8-17(9-7-16)13-4-5-13/h12-13,15,18H,4-11H2,1-3H3. The molecule has 18 heavy (non-hydrogen) atoms. The van der Waals surface area contributed by atoms with Crippen LogP contribution in [0.3, 0.4) is 0 Å². The van der Waals surface area contributed by atoms with Crippen LogP contribution in [-0.4, -0.2) is 72.4 Å². The molecule has 4 heteroatoms. The average molecular weight is 255 g/mol. The highest BCUT2D eigenvalue weighted by Gasteiger charge is 2.33. The summed E-state index contributed by atoms with van der Waals surface area (Å²) in [6, 6.07) is 1.44. The second-order valence-electron chi connectivity index (χ2n) is 6.33. The van der Waals surface area contributed by atoms with E-state index in [1.54, 1.807) is 0 Å². The molecule has 2 rings (SSSR count). The van der Waals surface area contributed by atoms with Gasteiger partial charge in [-0.3, -0.25) is 9.80 Å². The number of hydrogen-bond donors (Lipinski definition) is 2. The van der Waals surface area contributed by atoms with E-state index in [1.165, 1.54) is 39.0 Å². The number of rotatable bonds is 6. The first-order chi connectivity index (χ1) is 8.58. The average Bonchev–Trinajstić information content (AvgIpc) is 3.23. The minimum Gasteiger partial charge on any atom is -0.394 e. The Hall–Kier alpha value is -0.160. The van der Waals surface area contributed by atoms with Crippen LogP contribution in [0.4, 0.5) is 0 Å². The monoisotopic (exact) mass is 255 g/mol. The van der Waals surface area contributed by atoms with Gasteiger partial charge in [-0.15, -0.1) is 0 Å². The van der Waals surface area contributed by atoms with E-state index in [-0.39, 0.29) is 12.1 Å². The van der Waals surface area contributed by atoms with Gasteiger partial charge in [-0.05, 0) is 40.2 Å². The van der Waals surface area contributed by atoms with Gasteiger partial charge in [0.1, 0.15) is 0 Å². The van der Waals surface area contributed by atoms with Crippen LogP contribution in [0.25, 0.3) is 0 Å². The van der Waals surface area contributed by atoms with Crippen molar-refractivity contribution >= 4 is 0 Å². The molecule has 2 aliphatic rings. The normalized spacial score (nSPS) is 28.0. The highest BCUT2D eigenvalue weighted by molar-refractivity contribution is 4.91. The van der Waals surface area contributed by atoms with Gasteiger partial charge in [0.15, 0.2) is 0 Å². The molecule has 2 fully saturated rings. The first kappa shape index (κ1) is 14.3. The van der Waals surface area contributed by atoms with E-state index in [4.69, 9.17) is 0 Å². The summed E-state index contributed by atoms with van der Waals surface area (Å²) in [6.07, 6.45) is 3.83. The topological polar surface area (TPSA) is 38.7 Å². The van der Waals surface area contributed by atoms with E-state index in [0.717, 1.165) is 12.5 Å². The summed E-state index contributed by atoms with van der Waals surface area (Å²) in [5.74, 6) is 0. The van der Waals surface area contributed by atoms with E-state index in [0.29, 0.717) is 6.04 Å². The molecule has 2 N–H and O–H groups in total. The molecular weight excluding hydrogens is 226 g/mol. The molecule has 0 bridgehead atoms. The second-order valence-corrected chi connectivity index (χ2v) is 6.33. The highest BCUT2D eigenvalue weighted by atomic mass is 16.3. The molecule has 2 atom stereocenters. The fraction of sp³-hybridized carbons (Fsp3) is 1.00. The third kappa shape index (κ3) is 3.44. The molecule has 2 unspecified atom stereocenters. The lowest BCUT2D eigenvalue weighted by atomic mass is 9.93. The van der Waals surface area contributed by atoms with Crippen LogP contribution >= 0.6 is 0 Å². The summed E-state index contributed by atoms with van der Waals surface area (Å²) in [4.78, 5) is 5.22. The fourth-order valence-corrected chi connectivity index (χ4v) is 3.01. The zero-order valence-corrected chi connectivity index (χ0v) is 12.2. The lowest BCUT2D eigenvalue weighted by Gasteiger charge is -2.41. The molecule has 1 saturated carbocycles. The SMILES string of the molecule is CNC(C)(CO)CC(C)N1CCN(C2CC2)CC1. The highest BCUT2D eigenvalue weighted by Crippen LogP contribution is 2.28.